The number of nitrogens with one attached hydrogen (secondary N) is 2. The number of methoxy groups -OCH3 is 1. The topological polar surface area (TPSA) is 115 Å². The molecule has 2 unspecified atom stereocenters. The van der Waals surface area contributed by atoms with Crippen molar-refractivity contribution in [2.45, 2.75) is 43.4 Å². The average molecular weight is 500 g/mol. The van der Waals surface area contributed by atoms with Crippen molar-refractivity contribution in [3.63, 3.8) is 0 Å². The van der Waals surface area contributed by atoms with Gasteiger partial charge in [-0.05, 0) is 25.0 Å². The largest absolute Gasteiger partial charge is 0.497 e. The Kier molecular flexibility index (Phi) is 6.96. The summed E-state index contributed by atoms with van der Waals surface area (Å²) in [5.41, 5.74) is 2.54. The SMILES string of the molecule is COc1cccc(N2CC(C(=O)Nc3c4c(nn3CC(=O)NCC3CCCO3)CSC4)CC2=O)c1. The lowest BCUT2D eigenvalue weighted by Crippen LogP contribution is -2.35. The second-order valence-electron chi connectivity index (χ2n) is 8.96. The Balaban J connectivity index is 1.26. The van der Waals surface area contributed by atoms with Crippen LogP contribution >= 0.6 is 11.8 Å². The van der Waals surface area contributed by atoms with Crippen LogP contribution in [0.5, 0.6) is 5.75 Å². The number of carbonyl (C=O) groups excluding carboxylic acids is 3. The Bertz CT molecular complexity index is 1130. The minimum atomic E-state index is -0.505. The second-order valence-corrected chi connectivity index (χ2v) is 9.95. The van der Waals surface area contributed by atoms with E-state index in [0.717, 1.165) is 42.2 Å². The lowest BCUT2D eigenvalue weighted by atomic mass is 10.1. The van der Waals surface area contributed by atoms with Gasteiger partial charge >= 0.3 is 0 Å². The number of aromatic nitrogens is 2. The molecular weight excluding hydrogens is 470 g/mol. The van der Waals surface area contributed by atoms with Crippen molar-refractivity contribution in [3.05, 3.63) is 35.5 Å². The maximum Gasteiger partial charge on any atom is 0.241 e. The quantitative estimate of drug-likeness (QED) is 0.570. The number of hydrogen-bond donors (Lipinski definition) is 2. The maximum atomic E-state index is 13.2. The van der Waals surface area contributed by atoms with Gasteiger partial charge in [-0.2, -0.15) is 16.9 Å². The number of nitrogens with zero attached hydrogens (tertiary/aromatic N) is 3. The molecule has 0 bridgehead atoms. The summed E-state index contributed by atoms with van der Waals surface area (Å²) in [6.07, 6.45) is 2.14. The van der Waals surface area contributed by atoms with E-state index < -0.39 is 5.92 Å². The maximum absolute atomic E-state index is 13.2. The van der Waals surface area contributed by atoms with Crippen LogP contribution in [0.3, 0.4) is 0 Å². The summed E-state index contributed by atoms with van der Waals surface area (Å²) in [6, 6.07) is 7.24. The fourth-order valence-corrected chi connectivity index (χ4v) is 5.71. The summed E-state index contributed by atoms with van der Waals surface area (Å²) in [6.45, 7) is 1.51. The van der Waals surface area contributed by atoms with Crippen LogP contribution in [0, 0.1) is 5.92 Å². The highest BCUT2D eigenvalue weighted by atomic mass is 32.2. The third-order valence-corrected chi connectivity index (χ3v) is 7.54. The van der Waals surface area contributed by atoms with Gasteiger partial charge in [0.25, 0.3) is 0 Å². The smallest absolute Gasteiger partial charge is 0.241 e. The van der Waals surface area contributed by atoms with Crippen LogP contribution in [0.25, 0.3) is 0 Å². The number of thioether (sulfide) groups is 1. The van der Waals surface area contributed by atoms with Gasteiger partial charge in [-0.3, -0.25) is 14.4 Å². The van der Waals surface area contributed by atoms with E-state index >= 15 is 0 Å². The molecule has 0 spiro atoms. The second kappa shape index (κ2) is 10.3. The molecule has 2 atom stereocenters. The Labute approximate surface area is 207 Å². The van der Waals surface area contributed by atoms with Crippen LogP contribution in [0.15, 0.2) is 24.3 Å². The lowest BCUT2D eigenvalue weighted by molar-refractivity contribution is -0.123. The number of amides is 3. The van der Waals surface area contributed by atoms with Gasteiger partial charge in [-0.1, -0.05) is 6.07 Å². The molecule has 0 saturated carbocycles. The molecule has 4 heterocycles. The van der Waals surface area contributed by atoms with Crippen LogP contribution in [0.4, 0.5) is 11.5 Å². The molecule has 0 radical (unpaired) electrons. The van der Waals surface area contributed by atoms with E-state index in [0.29, 0.717) is 23.8 Å². The molecule has 1 aromatic carbocycles. The van der Waals surface area contributed by atoms with E-state index in [2.05, 4.69) is 15.7 Å². The molecule has 3 aliphatic rings. The minimum Gasteiger partial charge on any atom is -0.497 e. The van der Waals surface area contributed by atoms with Gasteiger partial charge in [0.05, 0.1) is 24.8 Å². The van der Waals surface area contributed by atoms with Gasteiger partial charge < -0.3 is 25.0 Å². The first-order valence-electron chi connectivity index (χ1n) is 11.8. The number of rotatable bonds is 8. The fraction of sp³-hybridized carbons (Fsp3) is 0.500. The van der Waals surface area contributed by atoms with Crippen molar-refractivity contribution >= 4 is 41.0 Å². The Morgan fingerprint density at radius 1 is 1.31 bits per heavy atom. The number of ether oxygens (including phenoxy) is 2. The average Bonchev–Trinajstić information content (AvgIpc) is 3.65. The first-order chi connectivity index (χ1) is 17.0. The first-order valence-corrected chi connectivity index (χ1v) is 13.0. The van der Waals surface area contributed by atoms with Crippen molar-refractivity contribution in [1.82, 2.24) is 15.1 Å². The Morgan fingerprint density at radius 2 is 2.20 bits per heavy atom. The summed E-state index contributed by atoms with van der Waals surface area (Å²) in [5.74, 6) is 1.63. The predicted molar refractivity (Wildman–Crippen MR) is 131 cm³/mol. The summed E-state index contributed by atoms with van der Waals surface area (Å²) in [7, 11) is 1.57. The number of benzene rings is 1. The van der Waals surface area contributed by atoms with Crippen LogP contribution in [-0.2, 0) is 37.2 Å². The van der Waals surface area contributed by atoms with Crippen molar-refractivity contribution in [3.8, 4) is 5.75 Å². The van der Waals surface area contributed by atoms with E-state index in [1.54, 1.807) is 34.5 Å². The van der Waals surface area contributed by atoms with Crippen LogP contribution in [-0.4, -0.2) is 60.4 Å². The zero-order valence-electron chi connectivity index (χ0n) is 19.6. The molecule has 5 rings (SSSR count). The predicted octanol–water partition coefficient (Wildman–Crippen LogP) is 1.93. The molecule has 186 valence electrons. The van der Waals surface area contributed by atoms with Gasteiger partial charge in [0.1, 0.15) is 18.1 Å². The normalized spacial score (nSPS) is 21.3. The molecule has 2 saturated heterocycles. The molecule has 1 aromatic heterocycles. The van der Waals surface area contributed by atoms with Crippen LogP contribution in [0.2, 0.25) is 0 Å². The van der Waals surface area contributed by atoms with Crippen LogP contribution in [0.1, 0.15) is 30.5 Å². The molecule has 2 N–H and O–H groups in total. The molecule has 3 amide bonds. The number of fused-ring (bicyclic) bond motifs is 1. The summed E-state index contributed by atoms with van der Waals surface area (Å²) in [4.78, 5) is 40.1. The van der Waals surface area contributed by atoms with Crippen molar-refractivity contribution in [2.75, 3.05) is 37.0 Å². The molecule has 2 aromatic rings. The van der Waals surface area contributed by atoms with E-state index in [9.17, 15) is 14.4 Å². The number of anilines is 2. The van der Waals surface area contributed by atoms with Crippen molar-refractivity contribution < 1.29 is 23.9 Å². The molecule has 11 heteroatoms. The third-order valence-electron chi connectivity index (χ3n) is 6.57. The fourth-order valence-electron chi connectivity index (χ4n) is 4.68. The van der Waals surface area contributed by atoms with Crippen molar-refractivity contribution in [1.29, 1.82) is 0 Å². The highest BCUT2D eigenvalue weighted by molar-refractivity contribution is 7.98. The highest BCUT2D eigenvalue weighted by Gasteiger charge is 2.36. The molecule has 2 fully saturated rings. The van der Waals surface area contributed by atoms with Gasteiger partial charge in [-0.25, -0.2) is 4.68 Å². The summed E-state index contributed by atoms with van der Waals surface area (Å²) >= 11 is 1.72. The Morgan fingerprint density at radius 3 is 3.00 bits per heavy atom. The third kappa shape index (κ3) is 5.15. The van der Waals surface area contributed by atoms with E-state index in [1.165, 1.54) is 0 Å². The van der Waals surface area contributed by atoms with E-state index in [4.69, 9.17) is 9.47 Å². The van der Waals surface area contributed by atoms with Gasteiger partial charge in [-0.15, -0.1) is 0 Å². The minimum absolute atomic E-state index is 0.0134. The molecular formula is C24H29N5O5S. The van der Waals surface area contributed by atoms with Crippen molar-refractivity contribution in [2.24, 2.45) is 5.92 Å². The Hall–Kier alpha value is -3.05. The first kappa shape index (κ1) is 23.7. The standard InChI is InChI=1S/C24H29N5O5S/c1-33-17-5-2-4-16(9-17)28-11-15(8-22(28)31)24(32)26-23-19-13-35-14-20(19)27-29(23)12-21(30)25-10-18-6-3-7-34-18/h2,4-5,9,15,18H,3,6-8,10-14H2,1H3,(H,25,30)(H,26,32). The zero-order valence-corrected chi connectivity index (χ0v) is 20.4. The van der Waals surface area contributed by atoms with Gasteiger partial charge in [0, 0.05) is 54.9 Å². The molecule has 10 nitrogen and oxygen atoms in total. The summed E-state index contributed by atoms with van der Waals surface area (Å²) in [5, 5.41) is 10.5. The molecule has 0 aliphatic carbocycles. The van der Waals surface area contributed by atoms with E-state index in [1.807, 2.05) is 18.2 Å². The molecule has 3 aliphatic heterocycles. The number of hydrogen-bond acceptors (Lipinski definition) is 7. The van der Waals surface area contributed by atoms with Crippen LogP contribution < -0.4 is 20.3 Å². The monoisotopic (exact) mass is 499 g/mol. The van der Waals surface area contributed by atoms with Gasteiger partial charge in [0.15, 0.2) is 0 Å². The van der Waals surface area contributed by atoms with Gasteiger partial charge in [0.2, 0.25) is 17.7 Å². The molecule has 35 heavy (non-hydrogen) atoms. The highest BCUT2D eigenvalue weighted by Crippen LogP contribution is 2.35. The number of carbonyl (C=O) groups is 3. The zero-order chi connectivity index (χ0) is 24.4. The summed E-state index contributed by atoms with van der Waals surface area (Å²) < 4.78 is 12.4. The van der Waals surface area contributed by atoms with E-state index in [-0.39, 0.29) is 43.3 Å². The lowest BCUT2D eigenvalue weighted by Gasteiger charge is -2.18.